The first-order chi connectivity index (χ1) is 10.1. The zero-order chi connectivity index (χ0) is 15.2. The fraction of sp³-hybridized carbons (Fsp3) is 0.500. The zero-order valence-electron chi connectivity index (χ0n) is 12.4. The number of aliphatic carboxylic acids is 1. The molecule has 1 saturated carbocycles. The van der Waals surface area contributed by atoms with E-state index in [1.807, 2.05) is 30.3 Å². The number of carboxylic acids is 1. The summed E-state index contributed by atoms with van der Waals surface area (Å²) >= 11 is 0. The molecule has 0 bridgehead atoms. The lowest BCUT2D eigenvalue weighted by molar-refractivity contribution is -0.137. The minimum atomic E-state index is -0.861. The largest absolute Gasteiger partial charge is 0.481 e. The van der Waals surface area contributed by atoms with Crippen LogP contribution in [-0.4, -0.2) is 53.1 Å². The Balaban J connectivity index is 1.85. The van der Waals surface area contributed by atoms with E-state index in [0.717, 1.165) is 19.3 Å². The van der Waals surface area contributed by atoms with Gasteiger partial charge in [0.1, 0.15) is 0 Å². The Morgan fingerprint density at radius 3 is 2.43 bits per heavy atom. The van der Waals surface area contributed by atoms with Crippen molar-refractivity contribution in [2.45, 2.75) is 31.7 Å². The Morgan fingerprint density at radius 2 is 1.86 bits per heavy atom. The molecule has 0 atom stereocenters. The number of likely N-dealkylation sites (N-methyl/N-ethyl adjacent to an activating group) is 1. The van der Waals surface area contributed by atoms with Crippen LogP contribution in [0.25, 0.3) is 0 Å². The smallest absolute Gasteiger partial charge is 0.320 e. The summed E-state index contributed by atoms with van der Waals surface area (Å²) in [6, 6.07) is 10.2. The van der Waals surface area contributed by atoms with Gasteiger partial charge in [-0.25, -0.2) is 4.79 Å². The van der Waals surface area contributed by atoms with Crippen LogP contribution in [0.3, 0.4) is 0 Å². The van der Waals surface area contributed by atoms with Crippen LogP contribution in [0.2, 0.25) is 0 Å². The molecule has 2 rings (SSSR count). The van der Waals surface area contributed by atoms with E-state index in [0.29, 0.717) is 13.1 Å². The van der Waals surface area contributed by atoms with Crippen LogP contribution in [0.4, 0.5) is 4.79 Å². The predicted octanol–water partition coefficient (Wildman–Crippen LogP) is 2.22. The Bertz CT molecular complexity index is 486. The molecule has 1 aliphatic rings. The van der Waals surface area contributed by atoms with Crippen LogP contribution < -0.4 is 0 Å². The fourth-order valence-electron chi connectivity index (χ4n) is 2.29. The van der Waals surface area contributed by atoms with Crippen molar-refractivity contribution in [1.82, 2.24) is 9.80 Å². The first-order valence-electron chi connectivity index (χ1n) is 7.35. The number of benzene rings is 1. The zero-order valence-corrected chi connectivity index (χ0v) is 12.4. The molecule has 1 aromatic carbocycles. The highest BCUT2D eigenvalue weighted by Crippen LogP contribution is 2.27. The second kappa shape index (κ2) is 7.11. The maximum atomic E-state index is 12.4. The van der Waals surface area contributed by atoms with E-state index in [1.54, 1.807) is 16.8 Å². The molecule has 1 aliphatic carbocycles. The molecule has 2 amide bonds. The molecule has 0 saturated heterocycles. The molecule has 1 fully saturated rings. The van der Waals surface area contributed by atoms with Gasteiger partial charge in [-0.05, 0) is 24.8 Å². The summed E-state index contributed by atoms with van der Waals surface area (Å²) in [6.07, 6.45) is 2.78. The molecule has 0 aliphatic heterocycles. The molecule has 0 spiro atoms. The number of carboxylic acid groups (broad SMARTS) is 1. The molecule has 1 aromatic rings. The van der Waals surface area contributed by atoms with Crippen LogP contribution in [0.15, 0.2) is 30.3 Å². The number of urea groups is 1. The Morgan fingerprint density at radius 1 is 1.19 bits per heavy atom. The van der Waals surface area contributed by atoms with Crippen LogP contribution >= 0.6 is 0 Å². The molecular formula is C16H22N2O3. The molecule has 5 heteroatoms. The van der Waals surface area contributed by atoms with Crippen molar-refractivity contribution in [3.8, 4) is 0 Å². The highest BCUT2D eigenvalue weighted by Gasteiger charge is 2.33. The topological polar surface area (TPSA) is 60.9 Å². The van der Waals surface area contributed by atoms with Gasteiger partial charge in [0.2, 0.25) is 0 Å². The first kappa shape index (κ1) is 15.4. The number of carbonyl (C=O) groups excluding carboxylic acids is 1. The van der Waals surface area contributed by atoms with Gasteiger partial charge in [0, 0.05) is 26.2 Å². The molecular weight excluding hydrogens is 268 g/mol. The summed E-state index contributed by atoms with van der Waals surface area (Å²) in [5.41, 5.74) is 1.20. The van der Waals surface area contributed by atoms with Crippen molar-refractivity contribution < 1.29 is 14.7 Å². The summed E-state index contributed by atoms with van der Waals surface area (Å²) < 4.78 is 0. The number of hydrogen-bond acceptors (Lipinski definition) is 2. The number of amides is 2. The van der Waals surface area contributed by atoms with E-state index in [2.05, 4.69) is 0 Å². The number of rotatable bonds is 7. The van der Waals surface area contributed by atoms with Crippen LogP contribution in [0.1, 0.15) is 24.8 Å². The number of hydrogen-bond donors (Lipinski definition) is 1. The fourth-order valence-corrected chi connectivity index (χ4v) is 2.29. The summed E-state index contributed by atoms with van der Waals surface area (Å²) in [5, 5.41) is 8.79. The summed E-state index contributed by atoms with van der Waals surface area (Å²) in [6.45, 7) is 0.938. The maximum Gasteiger partial charge on any atom is 0.320 e. The van der Waals surface area contributed by atoms with Gasteiger partial charge in [-0.15, -0.1) is 0 Å². The second-order valence-corrected chi connectivity index (χ2v) is 5.51. The van der Waals surface area contributed by atoms with Crippen molar-refractivity contribution in [2.24, 2.45) is 0 Å². The molecule has 1 N–H and O–H groups in total. The van der Waals surface area contributed by atoms with Gasteiger partial charge in [-0.3, -0.25) is 4.79 Å². The van der Waals surface area contributed by atoms with Crippen LogP contribution in [-0.2, 0) is 11.2 Å². The van der Waals surface area contributed by atoms with E-state index in [1.165, 1.54) is 5.56 Å². The van der Waals surface area contributed by atoms with Crippen molar-refractivity contribution in [1.29, 1.82) is 0 Å². The van der Waals surface area contributed by atoms with E-state index in [9.17, 15) is 9.59 Å². The minimum Gasteiger partial charge on any atom is -0.481 e. The van der Waals surface area contributed by atoms with E-state index in [-0.39, 0.29) is 18.5 Å². The predicted molar refractivity (Wildman–Crippen MR) is 80.2 cm³/mol. The van der Waals surface area contributed by atoms with Gasteiger partial charge in [-0.2, -0.15) is 0 Å². The van der Waals surface area contributed by atoms with Crippen LogP contribution in [0, 0.1) is 0 Å². The molecule has 5 nitrogen and oxygen atoms in total. The molecule has 0 heterocycles. The Kier molecular flexibility index (Phi) is 5.20. The van der Waals surface area contributed by atoms with E-state index >= 15 is 0 Å². The molecule has 21 heavy (non-hydrogen) atoms. The van der Waals surface area contributed by atoms with Crippen molar-refractivity contribution >= 4 is 12.0 Å². The van der Waals surface area contributed by atoms with Crippen LogP contribution in [0.5, 0.6) is 0 Å². The summed E-state index contributed by atoms with van der Waals surface area (Å²) in [5.74, 6) is -0.861. The number of carbonyl (C=O) groups is 2. The molecule has 0 radical (unpaired) electrons. The lowest BCUT2D eigenvalue weighted by atomic mass is 10.1. The minimum absolute atomic E-state index is 0.00870. The van der Waals surface area contributed by atoms with Crippen molar-refractivity contribution in [3.63, 3.8) is 0 Å². The normalized spacial score (nSPS) is 13.8. The highest BCUT2D eigenvalue weighted by molar-refractivity contribution is 5.76. The lowest BCUT2D eigenvalue weighted by Gasteiger charge is -2.28. The quantitative estimate of drug-likeness (QED) is 0.837. The Hall–Kier alpha value is -2.04. The number of nitrogens with zero attached hydrogens (tertiary/aromatic N) is 2. The first-order valence-corrected chi connectivity index (χ1v) is 7.35. The third-order valence-electron chi connectivity index (χ3n) is 3.71. The van der Waals surface area contributed by atoms with Crippen molar-refractivity contribution in [2.75, 3.05) is 20.1 Å². The molecule has 0 aromatic heterocycles. The standard InChI is InChI=1S/C16H22N2O3/c1-17(11-9-13-5-3-2-4-6-13)16(21)18(14-7-8-14)12-10-15(19)20/h2-6,14H,7-12H2,1H3,(H,19,20). The van der Waals surface area contributed by atoms with Gasteiger partial charge in [0.05, 0.1) is 6.42 Å². The third-order valence-corrected chi connectivity index (χ3v) is 3.71. The summed E-state index contributed by atoms with van der Waals surface area (Å²) in [7, 11) is 1.78. The van der Waals surface area contributed by atoms with Gasteiger partial charge in [0.15, 0.2) is 0 Å². The highest BCUT2D eigenvalue weighted by atomic mass is 16.4. The lowest BCUT2D eigenvalue weighted by Crippen LogP contribution is -2.44. The monoisotopic (exact) mass is 290 g/mol. The molecule has 114 valence electrons. The van der Waals surface area contributed by atoms with Crippen molar-refractivity contribution in [3.05, 3.63) is 35.9 Å². The summed E-state index contributed by atoms with van der Waals surface area (Å²) in [4.78, 5) is 26.5. The van der Waals surface area contributed by atoms with Gasteiger partial charge in [0.25, 0.3) is 0 Å². The van der Waals surface area contributed by atoms with Gasteiger partial charge >= 0.3 is 12.0 Å². The maximum absolute atomic E-state index is 12.4. The SMILES string of the molecule is CN(CCc1ccccc1)C(=O)N(CCC(=O)O)C1CC1. The molecule has 0 unspecified atom stereocenters. The Labute approximate surface area is 125 Å². The van der Waals surface area contributed by atoms with Gasteiger partial charge < -0.3 is 14.9 Å². The third kappa shape index (κ3) is 4.77. The van der Waals surface area contributed by atoms with Gasteiger partial charge in [-0.1, -0.05) is 30.3 Å². The second-order valence-electron chi connectivity index (χ2n) is 5.51. The average Bonchev–Trinajstić information content (AvgIpc) is 3.30. The van der Waals surface area contributed by atoms with E-state index < -0.39 is 5.97 Å². The van der Waals surface area contributed by atoms with E-state index in [4.69, 9.17) is 5.11 Å². The average molecular weight is 290 g/mol.